The second-order valence-corrected chi connectivity index (χ2v) is 4.45. The van der Waals surface area contributed by atoms with Crippen molar-refractivity contribution in [3.05, 3.63) is 35.9 Å². The van der Waals surface area contributed by atoms with E-state index in [9.17, 15) is 4.79 Å². The van der Waals surface area contributed by atoms with Crippen LogP contribution in [0.3, 0.4) is 0 Å². The van der Waals surface area contributed by atoms with Crippen molar-refractivity contribution in [3.8, 4) is 0 Å². The van der Waals surface area contributed by atoms with Crippen LogP contribution in [-0.4, -0.2) is 37.4 Å². The summed E-state index contributed by atoms with van der Waals surface area (Å²) < 4.78 is 3.60. The first-order chi connectivity index (χ1) is 9.13. The third-order valence-electron chi connectivity index (χ3n) is 2.98. The van der Waals surface area contributed by atoms with Crippen LogP contribution in [-0.2, 0) is 19.6 Å². The molecule has 102 valence electrons. The summed E-state index contributed by atoms with van der Waals surface area (Å²) in [6.45, 7) is 6.17. The van der Waals surface area contributed by atoms with Gasteiger partial charge in [0.15, 0.2) is 0 Å². The van der Waals surface area contributed by atoms with E-state index in [1.807, 2.05) is 24.7 Å². The van der Waals surface area contributed by atoms with Crippen LogP contribution in [0.4, 0.5) is 0 Å². The van der Waals surface area contributed by atoms with Gasteiger partial charge in [-0.25, -0.2) is 0 Å². The lowest BCUT2D eigenvalue weighted by Gasteiger charge is -2.14. The minimum absolute atomic E-state index is 0.0241. The van der Waals surface area contributed by atoms with Crippen molar-refractivity contribution in [2.24, 2.45) is 0 Å². The first-order valence-corrected chi connectivity index (χ1v) is 6.43. The molecule has 2 rings (SSSR count). The van der Waals surface area contributed by atoms with Crippen molar-refractivity contribution < 1.29 is 4.79 Å². The van der Waals surface area contributed by atoms with Gasteiger partial charge in [-0.2, -0.15) is 10.2 Å². The van der Waals surface area contributed by atoms with Gasteiger partial charge in [0.2, 0.25) is 0 Å². The van der Waals surface area contributed by atoms with E-state index in [0.29, 0.717) is 12.1 Å². The predicted octanol–water partition coefficient (Wildman–Crippen LogP) is 1.39. The first kappa shape index (κ1) is 13.3. The van der Waals surface area contributed by atoms with Crippen LogP contribution in [0.15, 0.2) is 24.8 Å². The van der Waals surface area contributed by atoms with Crippen LogP contribution in [0.1, 0.15) is 29.8 Å². The molecule has 0 bridgehead atoms. The summed E-state index contributed by atoms with van der Waals surface area (Å²) in [5.41, 5.74) is 1.65. The molecule has 0 radical (unpaired) electrons. The Bertz CT molecular complexity index is 557. The molecule has 0 saturated heterocycles. The van der Waals surface area contributed by atoms with Crippen molar-refractivity contribution in [2.75, 3.05) is 7.05 Å². The van der Waals surface area contributed by atoms with Crippen LogP contribution >= 0.6 is 0 Å². The van der Waals surface area contributed by atoms with Crippen LogP contribution in [0.2, 0.25) is 0 Å². The number of rotatable bonds is 5. The fourth-order valence-corrected chi connectivity index (χ4v) is 1.87. The predicted molar refractivity (Wildman–Crippen MR) is 71.6 cm³/mol. The van der Waals surface area contributed by atoms with Gasteiger partial charge in [-0.05, 0) is 13.8 Å². The molecule has 0 aliphatic rings. The Morgan fingerprint density at radius 2 is 1.79 bits per heavy atom. The number of carbonyl (C=O) groups excluding carboxylic acids is 1. The van der Waals surface area contributed by atoms with Gasteiger partial charge < -0.3 is 4.90 Å². The number of aryl methyl sites for hydroxylation is 2. The monoisotopic (exact) mass is 261 g/mol. The minimum atomic E-state index is -0.0241. The number of nitrogens with zero attached hydrogens (tertiary/aromatic N) is 5. The maximum Gasteiger partial charge on any atom is 0.257 e. The molecular formula is C13H19N5O. The maximum absolute atomic E-state index is 12.2. The molecule has 2 aromatic rings. The third kappa shape index (κ3) is 3.01. The molecule has 1 amide bonds. The Morgan fingerprint density at radius 1 is 1.16 bits per heavy atom. The average molecular weight is 261 g/mol. The first-order valence-electron chi connectivity index (χ1n) is 6.43. The topological polar surface area (TPSA) is 56.0 Å². The summed E-state index contributed by atoms with van der Waals surface area (Å²) in [6, 6.07) is 0. The minimum Gasteiger partial charge on any atom is -0.337 e. The number of amides is 1. The average Bonchev–Trinajstić information content (AvgIpc) is 3.06. The highest BCUT2D eigenvalue weighted by molar-refractivity contribution is 5.93. The maximum atomic E-state index is 12.2. The SMILES string of the molecule is CCn1cc(CN(C)C(=O)c2cnn(CC)c2)cn1. The highest BCUT2D eigenvalue weighted by Crippen LogP contribution is 2.07. The van der Waals surface area contributed by atoms with Gasteiger partial charge >= 0.3 is 0 Å². The van der Waals surface area contributed by atoms with E-state index < -0.39 is 0 Å². The molecule has 0 fully saturated rings. The molecule has 2 aromatic heterocycles. The highest BCUT2D eigenvalue weighted by atomic mass is 16.2. The van der Waals surface area contributed by atoms with E-state index in [1.165, 1.54) is 0 Å². The smallest absolute Gasteiger partial charge is 0.257 e. The van der Waals surface area contributed by atoms with Gasteiger partial charge in [0.05, 0.1) is 18.0 Å². The van der Waals surface area contributed by atoms with E-state index in [1.54, 1.807) is 35.2 Å². The number of hydrogen-bond acceptors (Lipinski definition) is 3. The zero-order valence-electron chi connectivity index (χ0n) is 11.6. The lowest BCUT2D eigenvalue weighted by Crippen LogP contribution is -2.25. The molecule has 0 N–H and O–H groups in total. The van der Waals surface area contributed by atoms with Crippen molar-refractivity contribution in [2.45, 2.75) is 33.5 Å². The summed E-state index contributed by atoms with van der Waals surface area (Å²) in [5.74, 6) is -0.0241. The molecule has 19 heavy (non-hydrogen) atoms. The number of hydrogen-bond donors (Lipinski definition) is 0. The molecule has 0 aliphatic heterocycles. The Labute approximate surface area is 112 Å². The largest absolute Gasteiger partial charge is 0.337 e. The van der Waals surface area contributed by atoms with Crippen molar-refractivity contribution >= 4 is 5.91 Å². The van der Waals surface area contributed by atoms with Gasteiger partial charge in [-0.1, -0.05) is 0 Å². The molecular weight excluding hydrogens is 242 g/mol. The molecule has 0 aliphatic carbocycles. The number of aromatic nitrogens is 4. The second-order valence-electron chi connectivity index (χ2n) is 4.45. The zero-order chi connectivity index (χ0) is 13.8. The lowest BCUT2D eigenvalue weighted by molar-refractivity contribution is 0.0785. The fourth-order valence-electron chi connectivity index (χ4n) is 1.87. The van der Waals surface area contributed by atoms with Gasteiger partial charge in [-0.3, -0.25) is 14.2 Å². The molecule has 0 spiro atoms. The molecule has 0 atom stereocenters. The van der Waals surface area contributed by atoms with E-state index in [-0.39, 0.29) is 5.91 Å². The lowest BCUT2D eigenvalue weighted by atomic mass is 10.3. The van der Waals surface area contributed by atoms with E-state index >= 15 is 0 Å². The number of carbonyl (C=O) groups is 1. The normalized spacial score (nSPS) is 10.7. The molecule has 0 aromatic carbocycles. The summed E-state index contributed by atoms with van der Waals surface area (Å²) in [7, 11) is 1.79. The van der Waals surface area contributed by atoms with Crippen LogP contribution in [0.5, 0.6) is 0 Å². The standard InChI is InChI=1S/C13H19N5O/c1-4-17-9-11(6-14-17)8-16(3)13(19)12-7-15-18(5-2)10-12/h6-7,9-10H,4-5,8H2,1-3H3. The van der Waals surface area contributed by atoms with Gasteiger partial charge in [0, 0.05) is 44.6 Å². The molecule has 6 heteroatoms. The molecule has 0 saturated carbocycles. The van der Waals surface area contributed by atoms with Crippen molar-refractivity contribution in [3.63, 3.8) is 0 Å². The van der Waals surface area contributed by atoms with Crippen LogP contribution in [0.25, 0.3) is 0 Å². The van der Waals surface area contributed by atoms with Gasteiger partial charge in [0.1, 0.15) is 0 Å². The van der Waals surface area contributed by atoms with Crippen LogP contribution < -0.4 is 0 Å². The second kappa shape index (κ2) is 5.69. The molecule has 0 unspecified atom stereocenters. The molecule has 6 nitrogen and oxygen atoms in total. The summed E-state index contributed by atoms with van der Waals surface area (Å²) in [6.07, 6.45) is 7.13. The quantitative estimate of drug-likeness (QED) is 0.817. The summed E-state index contributed by atoms with van der Waals surface area (Å²) >= 11 is 0. The van der Waals surface area contributed by atoms with E-state index in [2.05, 4.69) is 10.2 Å². The Morgan fingerprint density at radius 3 is 2.37 bits per heavy atom. The van der Waals surface area contributed by atoms with Crippen LogP contribution in [0, 0.1) is 0 Å². The molecule has 2 heterocycles. The highest BCUT2D eigenvalue weighted by Gasteiger charge is 2.14. The summed E-state index contributed by atoms with van der Waals surface area (Å²) in [5, 5.41) is 8.31. The third-order valence-corrected chi connectivity index (χ3v) is 2.98. The Kier molecular flexibility index (Phi) is 3.99. The fraction of sp³-hybridized carbons (Fsp3) is 0.462. The summed E-state index contributed by atoms with van der Waals surface area (Å²) in [4.78, 5) is 13.9. The van der Waals surface area contributed by atoms with E-state index in [4.69, 9.17) is 0 Å². The van der Waals surface area contributed by atoms with Gasteiger partial charge in [-0.15, -0.1) is 0 Å². The Hall–Kier alpha value is -2.11. The van der Waals surface area contributed by atoms with Crippen molar-refractivity contribution in [1.29, 1.82) is 0 Å². The van der Waals surface area contributed by atoms with E-state index in [0.717, 1.165) is 18.7 Å². The van der Waals surface area contributed by atoms with Crippen molar-refractivity contribution in [1.82, 2.24) is 24.5 Å². The van der Waals surface area contributed by atoms with Gasteiger partial charge in [0.25, 0.3) is 5.91 Å². The zero-order valence-corrected chi connectivity index (χ0v) is 11.6. The Balaban J connectivity index is 2.02.